The Balaban J connectivity index is 2.59. The normalized spacial score (nSPS) is 11.6. The molecule has 1 aromatic rings. The van der Waals surface area contributed by atoms with Crippen LogP contribution in [0.3, 0.4) is 0 Å². The van der Waals surface area contributed by atoms with E-state index in [0.717, 1.165) is 11.1 Å². The molecule has 0 radical (unpaired) electrons. The molecule has 0 aliphatic carbocycles. The summed E-state index contributed by atoms with van der Waals surface area (Å²) in [5, 5.41) is 8.80. The third-order valence-corrected chi connectivity index (χ3v) is 3.00. The van der Waals surface area contributed by atoms with E-state index < -0.39 is 10.2 Å². The Morgan fingerprint density at radius 1 is 1.20 bits per heavy atom. The molecule has 0 saturated carbocycles. The molecule has 0 atom stereocenters. The zero-order valence-electron chi connectivity index (χ0n) is 8.40. The summed E-state index contributed by atoms with van der Waals surface area (Å²) < 4.78 is 26.6. The summed E-state index contributed by atoms with van der Waals surface area (Å²) in [5.41, 5.74) is 1.64. The first-order chi connectivity index (χ1) is 7.07. The lowest BCUT2D eigenvalue weighted by Gasteiger charge is -2.05. The van der Waals surface area contributed by atoms with Gasteiger partial charge in [-0.05, 0) is 11.1 Å². The smallest absolute Gasteiger partial charge is 0.276 e. The molecule has 3 N–H and O–H groups in total. The molecule has 6 heteroatoms. The van der Waals surface area contributed by atoms with Gasteiger partial charge in [-0.2, -0.15) is 13.1 Å². The number of rotatable bonds is 5. The van der Waals surface area contributed by atoms with Gasteiger partial charge in [0.2, 0.25) is 0 Å². The predicted octanol–water partition coefficient (Wildman–Crippen LogP) is -0.267. The van der Waals surface area contributed by atoms with Crippen LogP contribution in [-0.4, -0.2) is 20.6 Å². The third kappa shape index (κ3) is 3.96. The molecule has 0 saturated heterocycles. The van der Waals surface area contributed by atoms with Gasteiger partial charge in [0.25, 0.3) is 10.2 Å². The summed E-state index contributed by atoms with van der Waals surface area (Å²) in [5.74, 6) is 0. The summed E-state index contributed by atoms with van der Waals surface area (Å²) in [6, 6.07) is 7.04. The summed E-state index contributed by atoms with van der Waals surface area (Å²) >= 11 is 0. The molecular weight excluding hydrogens is 216 g/mol. The summed E-state index contributed by atoms with van der Waals surface area (Å²) in [6.07, 6.45) is 0. The highest BCUT2D eigenvalue weighted by Crippen LogP contribution is 2.04. The highest BCUT2D eigenvalue weighted by molar-refractivity contribution is 7.87. The molecule has 0 fully saturated rings. The highest BCUT2D eigenvalue weighted by Gasteiger charge is 2.04. The van der Waals surface area contributed by atoms with Crippen molar-refractivity contribution in [3.05, 3.63) is 35.4 Å². The van der Waals surface area contributed by atoms with E-state index in [0.29, 0.717) is 0 Å². The van der Waals surface area contributed by atoms with E-state index in [1.165, 1.54) is 7.05 Å². The number of hydrogen-bond donors (Lipinski definition) is 3. The topological polar surface area (TPSA) is 78.4 Å². The van der Waals surface area contributed by atoms with Gasteiger partial charge in [-0.1, -0.05) is 24.3 Å². The lowest BCUT2D eigenvalue weighted by Crippen LogP contribution is -2.33. The van der Waals surface area contributed by atoms with Crippen molar-refractivity contribution in [1.29, 1.82) is 0 Å². The second-order valence-electron chi connectivity index (χ2n) is 3.00. The minimum atomic E-state index is -3.38. The van der Waals surface area contributed by atoms with Crippen LogP contribution < -0.4 is 9.44 Å². The first-order valence-corrected chi connectivity index (χ1v) is 5.92. The van der Waals surface area contributed by atoms with Crippen LogP contribution in [0, 0.1) is 0 Å². The van der Waals surface area contributed by atoms with Gasteiger partial charge in [-0.15, -0.1) is 0 Å². The molecular formula is C9H14N2O3S. The summed E-state index contributed by atoms with van der Waals surface area (Å²) in [6.45, 7) is 0.220. The molecule has 84 valence electrons. The van der Waals surface area contributed by atoms with Gasteiger partial charge in [-0.25, -0.2) is 4.72 Å². The molecule has 0 aliphatic rings. The van der Waals surface area contributed by atoms with Crippen LogP contribution in [0.4, 0.5) is 0 Å². The average Bonchev–Trinajstić information content (AvgIpc) is 2.27. The molecule has 5 nitrogen and oxygen atoms in total. The van der Waals surface area contributed by atoms with Crippen molar-refractivity contribution in [3.8, 4) is 0 Å². The van der Waals surface area contributed by atoms with Gasteiger partial charge in [-0.3, -0.25) is 0 Å². The third-order valence-electron chi connectivity index (χ3n) is 1.94. The maximum atomic E-state index is 11.0. The van der Waals surface area contributed by atoms with Gasteiger partial charge < -0.3 is 5.11 Å². The van der Waals surface area contributed by atoms with Crippen LogP contribution in [0.5, 0.6) is 0 Å². The van der Waals surface area contributed by atoms with Crippen molar-refractivity contribution in [3.63, 3.8) is 0 Å². The van der Waals surface area contributed by atoms with Crippen LogP contribution in [0.15, 0.2) is 24.3 Å². The van der Waals surface area contributed by atoms with E-state index in [4.69, 9.17) is 5.11 Å². The van der Waals surface area contributed by atoms with Gasteiger partial charge in [0.1, 0.15) is 0 Å². The van der Waals surface area contributed by atoms with Gasteiger partial charge >= 0.3 is 0 Å². The Morgan fingerprint density at radius 2 is 1.73 bits per heavy atom. The maximum Gasteiger partial charge on any atom is 0.276 e. The van der Waals surface area contributed by atoms with Gasteiger partial charge in [0, 0.05) is 13.6 Å². The average molecular weight is 230 g/mol. The Morgan fingerprint density at radius 3 is 2.20 bits per heavy atom. The van der Waals surface area contributed by atoms with Gasteiger partial charge in [0.15, 0.2) is 0 Å². The zero-order chi connectivity index (χ0) is 11.3. The molecule has 0 aromatic heterocycles. The first-order valence-electron chi connectivity index (χ1n) is 4.44. The van der Waals surface area contributed by atoms with Crippen LogP contribution in [0.2, 0.25) is 0 Å². The fraction of sp³-hybridized carbons (Fsp3) is 0.333. The van der Waals surface area contributed by atoms with Crippen LogP contribution >= 0.6 is 0 Å². The number of benzene rings is 1. The lowest BCUT2D eigenvalue weighted by molar-refractivity contribution is 0.282. The van der Waals surface area contributed by atoms with E-state index in [-0.39, 0.29) is 13.2 Å². The molecule has 15 heavy (non-hydrogen) atoms. The van der Waals surface area contributed by atoms with Crippen molar-refractivity contribution in [1.82, 2.24) is 9.44 Å². The van der Waals surface area contributed by atoms with Gasteiger partial charge in [0.05, 0.1) is 6.61 Å². The van der Waals surface area contributed by atoms with Crippen molar-refractivity contribution in [2.24, 2.45) is 0 Å². The second-order valence-corrected chi connectivity index (χ2v) is 4.71. The Kier molecular flexibility index (Phi) is 4.22. The molecule has 1 rings (SSSR count). The van der Waals surface area contributed by atoms with Crippen molar-refractivity contribution in [2.45, 2.75) is 13.2 Å². The number of nitrogens with one attached hydrogen (secondary N) is 2. The largest absolute Gasteiger partial charge is 0.392 e. The SMILES string of the molecule is CNS(=O)(=O)NCc1ccc(CO)cc1. The van der Waals surface area contributed by atoms with E-state index >= 15 is 0 Å². The number of aliphatic hydroxyl groups excluding tert-OH is 1. The molecule has 1 aromatic carbocycles. The van der Waals surface area contributed by atoms with E-state index in [2.05, 4.69) is 9.44 Å². The highest BCUT2D eigenvalue weighted by atomic mass is 32.2. The fourth-order valence-corrected chi connectivity index (χ4v) is 1.51. The van der Waals surface area contributed by atoms with Crippen molar-refractivity contribution < 1.29 is 13.5 Å². The van der Waals surface area contributed by atoms with E-state index in [1.54, 1.807) is 24.3 Å². The standard InChI is InChI=1S/C9H14N2O3S/c1-10-15(13,14)11-6-8-2-4-9(7-12)5-3-8/h2-5,10-12H,6-7H2,1H3. The quantitative estimate of drug-likeness (QED) is 0.651. The molecule has 0 bridgehead atoms. The summed E-state index contributed by atoms with van der Waals surface area (Å²) in [7, 11) is -2.04. The second kappa shape index (κ2) is 5.22. The summed E-state index contributed by atoms with van der Waals surface area (Å²) in [4.78, 5) is 0. The Labute approximate surface area is 89.3 Å². The first kappa shape index (κ1) is 12.1. The molecule has 0 amide bonds. The van der Waals surface area contributed by atoms with Crippen LogP contribution in [0.25, 0.3) is 0 Å². The van der Waals surface area contributed by atoms with Crippen LogP contribution in [0.1, 0.15) is 11.1 Å². The van der Waals surface area contributed by atoms with E-state index in [9.17, 15) is 8.42 Å². The number of aliphatic hydroxyl groups is 1. The maximum absolute atomic E-state index is 11.0. The molecule has 0 spiro atoms. The Hall–Kier alpha value is -0.950. The predicted molar refractivity (Wildman–Crippen MR) is 57.2 cm³/mol. The minimum absolute atomic E-state index is 0.0114. The molecule has 0 heterocycles. The van der Waals surface area contributed by atoms with Crippen molar-refractivity contribution >= 4 is 10.2 Å². The monoisotopic (exact) mass is 230 g/mol. The molecule has 0 unspecified atom stereocenters. The van der Waals surface area contributed by atoms with Crippen molar-refractivity contribution in [2.75, 3.05) is 7.05 Å². The Bertz CT molecular complexity index is 400. The number of hydrogen-bond acceptors (Lipinski definition) is 3. The van der Waals surface area contributed by atoms with E-state index in [1.807, 2.05) is 0 Å². The lowest BCUT2D eigenvalue weighted by atomic mass is 10.1. The fourth-order valence-electron chi connectivity index (χ4n) is 1.01. The molecule has 0 aliphatic heterocycles. The zero-order valence-corrected chi connectivity index (χ0v) is 9.21. The van der Waals surface area contributed by atoms with Crippen LogP contribution in [-0.2, 0) is 23.4 Å². The minimum Gasteiger partial charge on any atom is -0.392 e.